The molecule has 8 heteroatoms. The molecule has 3 rings (SSSR count). The fourth-order valence-electron chi connectivity index (χ4n) is 3.79. The van der Waals surface area contributed by atoms with Crippen molar-refractivity contribution in [2.24, 2.45) is 0 Å². The van der Waals surface area contributed by atoms with Crippen molar-refractivity contribution in [3.05, 3.63) is 71.8 Å². The van der Waals surface area contributed by atoms with E-state index < -0.39 is 32.0 Å². The van der Waals surface area contributed by atoms with Gasteiger partial charge in [0.25, 0.3) is 0 Å². The van der Waals surface area contributed by atoms with Crippen LogP contribution >= 0.6 is 7.60 Å². The average Bonchev–Trinajstić information content (AvgIpc) is 3.13. The van der Waals surface area contributed by atoms with Gasteiger partial charge in [-0.3, -0.25) is 4.57 Å². The van der Waals surface area contributed by atoms with E-state index in [1.165, 1.54) is 0 Å². The summed E-state index contributed by atoms with van der Waals surface area (Å²) in [5.41, 5.74) is 2.00. The Labute approximate surface area is 190 Å². The predicted molar refractivity (Wildman–Crippen MR) is 122 cm³/mol. The maximum Gasteiger partial charge on any atom is 0.333 e. The van der Waals surface area contributed by atoms with E-state index in [1.54, 1.807) is 13.8 Å². The van der Waals surface area contributed by atoms with Crippen LogP contribution in [0.1, 0.15) is 25.0 Å². The molecule has 1 heterocycles. The summed E-state index contributed by atoms with van der Waals surface area (Å²) < 4.78 is 42.6. The van der Waals surface area contributed by atoms with Crippen molar-refractivity contribution in [1.29, 1.82) is 0 Å². The summed E-state index contributed by atoms with van der Waals surface area (Å²) in [6.45, 7) is 4.50. The van der Waals surface area contributed by atoms with E-state index in [0.717, 1.165) is 11.1 Å². The normalized spacial score (nSPS) is 23.5. The summed E-state index contributed by atoms with van der Waals surface area (Å²) in [6, 6.07) is 19.6. The lowest BCUT2D eigenvalue weighted by molar-refractivity contribution is -0.0828. The lowest BCUT2D eigenvalue weighted by Crippen LogP contribution is -2.39. The monoisotopic (exact) mass is 464 g/mol. The molecular weight excluding hydrogens is 431 g/mol. The minimum atomic E-state index is -3.38. The van der Waals surface area contributed by atoms with Crippen LogP contribution in [0.4, 0.5) is 0 Å². The summed E-state index contributed by atoms with van der Waals surface area (Å²) in [6.07, 6.45) is -2.28. The van der Waals surface area contributed by atoms with Crippen molar-refractivity contribution in [2.75, 3.05) is 26.0 Å². The Bertz CT molecular complexity index is 823. The molecule has 0 spiro atoms. The number of rotatable bonds is 13. The van der Waals surface area contributed by atoms with Gasteiger partial charge < -0.3 is 28.4 Å². The molecule has 0 radical (unpaired) electrons. The Morgan fingerprint density at radius 1 is 0.812 bits per heavy atom. The number of ether oxygens (including phenoxy) is 3. The van der Waals surface area contributed by atoms with E-state index in [-0.39, 0.29) is 26.0 Å². The van der Waals surface area contributed by atoms with Gasteiger partial charge in [-0.2, -0.15) is 0 Å². The first-order chi connectivity index (χ1) is 15.6. The van der Waals surface area contributed by atoms with Crippen LogP contribution in [0.3, 0.4) is 0 Å². The van der Waals surface area contributed by atoms with E-state index in [0.29, 0.717) is 13.2 Å². The Morgan fingerprint density at radius 2 is 1.28 bits per heavy atom. The van der Waals surface area contributed by atoms with Crippen LogP contribution in [0.25, 0.3) is 0 Å². The van der Waals surface area contributed by atoms with Crippen LogP contribution in [0.2, 0.25) is 0 Å². The van der Waals surface area contributed by atoms with Crippen LogP contribution < -0.4 is 0 Å². The minimum Gasteiger partial charge on any atom is -0.394 e. The van der Waals surface area contributed by atoms with Gasteiger partial charge >= 0.3 is 7.60 Å². The zero-order valence-electron chi connectivity index (χ0n) is 18.7. The van der Waals surface area contributed by atoms with Crippen LogP contribution in [0.5, 0.6) is 0 Å². The molecular formula is C24H33O7P. The Balaban J connectivity index is 1.78. The third-order valence-electron chi connectivity index (χ3n) is 5.21. The van der Waals surface area contributed by atoms with Crippen LogP contribution in [0.15, 0.2) is 60.7 Å². The standard InChI is InChI=1S/C24H33O7P/c1-3-29-32(26,30-4-2)18-22-24(28-17-20-13-9-6-10-14-20)23(21(15-25)31-22)27-16-19-11-7-5-8-12-19/h5-14,21-25H,3-4,15-18H2,1-2H3/t21-,22+,23-,24-/m1/s1. The van der Waals surface area contributed by atoms with E-state index >= 15 is 0 Å². The lowest BCUT2D eigenvalue weighted by atomic mass is 10.1. The van der Waals surface area contributed by atoms with Gasteiger partial charge in [-0.15, -0.1) is 0 Å². The molecule has 0 aliphatic carbocycles. The zero-order chi connectivity index (χ0) is 22.8. The molecule has 1 saturated heterocycles. The molecule has 7 nitrogen and oxygen atoms in total. The number of benzene rings is 2. The molecule has 1 aliphatic heterocycles. The number of hydrogen-bond donors (Lipinski definition) is 1. The van der Waals surface area contributed by atoms with Gasteiger partial charge in [-0.05, 0) is 25.0 Å². The van der Waals surface area contributed by atoms with Crippen molar-refractivity contribution in [2.45, 2.75) is 51.5 Å². The third kappa shape index (κ3) is 6.96. The molecule has 2 aromatic carbocycles. The zero-order valence-corrected chi connectivity index (χ0v) is 19.6. The molecule has 0 bridgehead atoms. The molecule has 32 heavy (non-hydrogen) atoms. The third-order valence-corrected chi connectivity index (χ3v) is 7.32. The highest BCUT2D eigenvalue weighted by Gasteiger charge is 2.49. The fourth-order valence-corrected chi connectivity index (χ4v) is 5.60. The topological polar surface area (TPSA) is 83.5 Å². The Kier molecular flexibility index (Phi) is 9.88. The van der Waals surface area contributed by atoms with Gasteiger partial charge in [0.15, 0.2) is 0 Å². The smallest absolute Gasteiger partial charge is 0.333 e. The summed E-state index contributed by atoms with van der Waals surface area (Å²) in [4.78, 5) is 0. The summed E-state index contributed by atoms with van der Waals surface area (Å²) >= 11 is 0. The van der Waals surface area contributed by atoms with Gasteiger partial charge in [0.05, 0.1) is 45.3 Å². The molecule has 0 unspecified atom stereocenters. The van der Waals surface area contributed by atoms with Crippen molar-refractivity contribution in [3.8, 4) is 0 Å². The molecule has 2 aromatic rings. The number of aliphatic hydroxyl groups excluding tert-OH is 1. The minimum absolute atomic E-state index is 0.0236. The highest BCUT2D eigenvalue weighted by atomic mass is 31.2. The van der Waals surface area contributed by atoms with Crippen LogP contribution in [-0.2, 0) is 41.0 Å². The molecule has 176 valence electrons. The summed E-state index contributed by atoms with van der Waals surface area (Å²) in [5.74, 6) is 0. The molecule has 1 aliphatic rings. The maximum atomic E-state index is 13.2. The maximum absolute atomic E-state index is 13.2. The Hall–Kier alpha value is -1.57. The second-order valence-electron chi connectivity index (χ2n) is 7.55. The molecule has 0 aromatic heterocycles. The van der Waals surface area contributed by atoms with Crippen molar-refractivity contribution in [3.63, 3.8) is 0 Å². The SMILES string of the molecule is CCOP(=O)(C[C@@H]1O[C@H](CO)[C@@H](OCc2ccccc2)[C@@H]1OCc1ccccc1)OCC. The first-order valence-corrected chi connectivity index (χ1v) is 12.8. The average molecular weight is 464 g/mol. The Morgan fingerprint density at radius 3 is 1.72 bits per heavy atom. The van der Waals surface area contributed by atoms with Gasteiger partial charge in [0.1, 0.15) is 18.3 Å². The number of hydrogen-bond acceptors (Lipinski definition) is 7. The van der Waals surface area contributed by atoms with Gasteiger partial charge in [-0.25, -0.2) is 0 Å². The molecule has 0 amide bonds. The molecule has 1 fully saturated rings. The second kappa shape index (κ2) is 12.6. The second-order valence-corrected chi connectivity index (χ2v) is 9.65. The molecule has 0 saturated carbocycles. The van der Waals surface area contributed by atoms with E-state index in [4.69, 9.17) is 23.3 Å². The van der Waals surface area contributed by atoms with Crippen LogP contribution in [-0.4, -0.2) is 55.5 Å². The van der Waals surface area contributed by atoms with E-state index in [2.05, 4.69) is 0 Å². The largest absolute Gasteiger partial charge is 0.394 e. The van der Waals surface area contributed by atoms with Crippen molar-refractivity contribution in [1.82, 2.24) is 0 Å². The summed E-state index contributed by atoms with van der Waals surface area (Å²) in [5, 5.41) is 9.97. The van der Waals surface area contributed by atoms with Gasteiger partial charge in [0.2, 0.25) is 0 Å². The van der Waals surface area contributed by atoms with Crippen LogP contribution in [0, 0.1) is 0 Å². The highest BCUT2D eigenvalue weighted by molar-refractivity contribution is 7.53. The molecule has 4 atom stereocenters. The lowest BCUT2D eigenvalue weighted by Gasteiger charge is -2.26. The van der Waals surface area contributed by atoms with Crippen molar-refractivity contribution < 1.29 is 32.9 Å². The highest BCUT2D eigenvalue weighted by Crippen LogP contribution is 2.50. The molecule has 1 N–H and O–H groups in total. The number of aliphatic hydroxyl groups is 1. The van der Waals surface area contributed by atoms with E-state index in [9.17, 15) is 9.67 Å². The summed E-state index contributed by atoms with van der Waals surface area (Å²) in [7, 11) is -3.38. The predicted octanol–water partition coefficient (Wildman–Crippen LogP) is 4.18. The first-order valence-electron chi connectivity index (χ1n) is 11.0. The quantitative estimate of drug-likeness (QED) is 0.445. The van der Waals surface area contributed by atoms with E-state index in [1.807, 2.05) is 60.7 Å². The van der Waals surface area contributed by atoms with Gasteiger partial charge in [-0.1, -0.05) is 60.7 Å². The first kappa shape index (κ1) is 25.1. The van der Waals surface area contributed by atoms with Crippen molar-refractivity contribution >= 4 is 7.60 Å². The fraction of sp³-hybridized carbons (Fsp3) is 0.500. The van der Waals surface area contributed by atoms with Gasteiger partial charge in [0, 0.05) is 0 Å².